The van der Waals surface area contributed by atoms with E-state index < -0.39 is 0 Å². The van der Waals surface area contributed by atoms with E-state index in [1.807, 2.05) is 7.05 Å². The van der Waals surface area contributed by atoms with E-state index in [0.29, 0.717) is 5.92 Å². The number of hydrogen-bond donors (Lipinski definition) is 1. The molecule has 0 saturated heterocycles. The largest absolute Gasteiger partial charge is 0.373 e. The van der Waals surface area contributed by atoms with Gasteiger partial charge in [-0.25, -0.2) is 0 Å². The molecule has 0 spiro atoms. The highest BCUT2D eigenvalue weighted by molar-refractivity contribution is 4.86. The molecule has 0 aliphatic heterocycles. The molecule has 1 rings (SSSR count). The maximum absolute atomic E-state index is 6.11. The molecule has 0 aromatic carbocycles. The summed E-state index contributed by atoms with van der Waals surface area (Å²) in [6.45, 7) is 6.35. The standard InChI is InChI=1S/C12H25NO/c1-11(2)9-14-12(10-13-3)7-5-4-6-8-12/h11,13H,4-10H2,1-3H3. The Bertz CT molecular complexity index is 145. The van der Waals surface area contributed by atoms with Crippen LogP contribution in [0.4, 0.5) is 0 Å². The van der Waals surface area contributed by atoms with Crippen LogP contribution in [0, 0.1) is 5.92 Å². The lowest BCUT2D eigenvalue weighted by Gasteiger charge is -2.37. The molecule has 0 radical (unpaired) electrons. The van der Waals surface area contributed by atoms with Gasteiger partial charge in [-0.1, -0.05) is 33.1 Å². The van der Waals surface area contributed by atoms with Gasteiger partial charge in [0.1, 0.15) is 0 Å². The van der Waals surface area contributed by atoms with Gasteiger partial charge in [0.15, 0.2) is 0 Å². The highest BCUT2D eigenvalue weighted by atomic mass is 16.5. The van der Waals surface area contributed by atoms with Gasteiger partial charge >= 0.3 is 0 Å². The quantitative estimate of drug-likeness (QED) is 0.735. The van der Waals surface area contributed by atoms with Crippen LogP contribution in [0.15, 0.2) is 0 Å². The summed E-state index contributed by atoms with van der Waals surface area (Å²) >= 11 is 0. The Kier molecular flexibility index (Phi) is 4.90. The van der Waals surface area contributed by atoms with E-state index in [4.69, 9.17) is 4.74 Å². The first-order valence-corrected chi connectivity index (χ1v) is 5.97. The van der Waals surface area contributed by atoms with Gasteiger partial charge in [0, 0.05) is 13.2 Å². The summed E-state index contributed by atoms with van der Waals surface area (Å²) in [7, 11) is 2.02. The molecule has 0 amide bonds. The molecule has 0 aromatic rings. The van der Waals surface area contributed by atoms with Crippen LogP contribution in [0.25, 0.3) is 0 Å². The molecule has 0 aromatic heterocycles. The van der Waals surface area contributed by atoms with Crippen molar-refractivity contribution in [1.82, 2.24) is 5.32 Å². The predicted molar refractivity (Wildman–Crippen MR) is 60.5 cm³/mol. The highest BCUT2D eigenvalue weighted by Crippen LogP contribution is 2.31. The average Bonchev–Trinajstić information content (AvgIpc) is 2.17. The Morgan fingerprint density at radius 3 is 2.36 bits per heavy atom. The van der Waals surface area contributed by atoms with E-state index in [2.05, 4.69) is 19.2 Å². The van der Waals surface area contributed by atoms with E-state index in [-0.39, 0.29) is 5.60 Å². The number of likely N-dealkylation sites (N-methyl/N-ethyl adjacent to an activating group) is 1. The molecular weight excluding hydrogens is 174 g/mol. The Balaban J connectivity index is 2.42. The van der Waals surface area contributed by atoms with E-state index in [9.17, 15) is 0 Å². The second-order valence-corrected chi connectivity index (χ2v) is 4.98. The average molecular weight is 199 g/mol. The second-order valence-electron chi connectivity index (χ2n) is 4.98. The van der Waals surface area contributed by atoms with E-state index >= 15 is 0 Å². The van der Waals surface area contributed by atoms with Crippen molar-refractivity contribution in [3.05, 3.63) is 0 Å². The van der Waals surface area contributed by atoms with E-state index in [0.717, 1.165) is 13.2 Å². The van der Waals surface area contributed by atoms with Gasteiger partial charge in [0.25, 0.3) is 0 Å². The lowest BCUT2D eigenvalue weighted by Crippen LogP contribution is -2.44. The molecule has 0 heterocycles. The third kappa shape index (κ3) is 3.58. The second kappa shape index (κ2) is 5.72. The molecule has 1 saturated carbocycles. The van der Waals surface area contributed by atoms with Crippen LogP contribution in [0.3, 0.4) is 0 Å². The van der Waals surface area contributed by atoms with Gasteiger partial charge in [-0.05, 0) is 25.8 Å². The summed E-state index contributed by atoms with van der Waals surface area (Å²) in [4.78, 5) is 0. The van der Waals surface area contributed by atoms with Crippen molar-refractivity contribution in [3.8, 4) is 0 Å². The maximum atomic E-state index is 6.11. The van der Waals surface area contributed by atoms with Crippen LogP contribution in [-0.4, -0.2) is 25.8 Å². The summed E-state index contributed by atoms with van der Waals surface area (Å²) in [6, 6.07) is 0. The fraction of sp³-hybridized carbons (Fsp3) is 1.00. The molecule has 1 N–H and O–H groups in total. The zero-order valence-corrected chi connectivity index (χ0v) is 9.94. The summed E-state index contributed by atoms with van der Waals surface area (Å²) in [5.74, 6) is 0.644. The zero-order valence-electron chi connectivity index (χ0n) is 9.94. The number of rotatable bonds is 5. The zero-order chi connectivity index (χ0) is 10.4. The van der Waals surface area contributed by atoms with Crippen LogP contribution in [0.2, 0.25) is 0 Å². The van der Waals surface area contributed by atoms with Crippen molar-refractivity contribution >= 4 is 0 Å². The molecule has 14 heavy (non-hydrogen) atoms. The predicted octanol–water partition coefficient (Wildman–Crippen LogP) is 2.58. The van der Waals surface area contributed by atoms with Gasteiger partial charge < -0.3 is 10.1 Å². The normalized spacial score (nSPS) is 21.4. The Hall–Kier alpha value is -0.0800. The molecular formula is C12H25NO. The van der Waals surface area contributed by atoms with Crippen molar-refractivity contribution in [2.24, 2.45) is 5.92 Å². The van der Waals surface area contributed by atoms with Crippen LogP contribution in [0.5, 0.6) is 0 Å². The summed E-state index contributed by atoms with van der Waals surface area (Å²) in [5.41, 5.74) is 0.150. The molecule has 0 atom stereocenters. The third-order valence-corrected chi connectivity index (χ3v) is 2.99. The van der Waals surface area contributed by atoms with Crippen LogP contribution in [-0.2, 0) is 4.74 Å². The summed E-state index contributed by atoms with van der Waals surface area (Å²) in [5, 5.41) is 3.28. The van der Waals surface area contributed by atoms with Crippen LogP contribution >= 0.6 is 0 Å². The minimum atomic E-state index is 0.150. The van der Waals surface area contributed by atoms with Crippen molar-refractivity contribution < 1.29 is 4.74 Å². The smallest absolute Gasteiger partial charge is 0.0806 e. The minimum Gasteiger partial charge on any atom is -0.373 e. The molecule has 2 heteroatoms. The fourth-order valence-electron chi connectivity index (χ4n) is 2.23. The van der Waals surface area contributed by atoms with Gasteiger partial charge in [-0.3, -0.25) is 0 Å². The first-order valence-electron chi connectivity index (χ1n) is 5.97. The van der Waals surface area contributed by atoms with Gasteiger partial charge in [0.2, 0.25) is 0 Å². The monoisotopic (exact) mass is 199 g/mol. The molecule has 1 aliphatic carbocycles. The van der Waals surface area contributed by atoms with Gasteiger partial charge in [-0.15, -0.1) is 0 Å². The lowest BCUT2D eigenvalue weighted by molar-refractivity contribution is -0.0771. The van der Waals surface area contributed by atoms with Crippen LogP contribution in [0.1, 0.15) is 46.0 Å². The SMILES string of the molecule is CNCC1(OCC(C)C)CCCCC1. The highest BCUT2D eigenvalue weighted by Gasteiger charge is 2.32. The van der Waals surface area contributed by atoms with Gasteiger partial charge in [-0.2, -0.15) is 0 Å². The molecule has 1 fully saturated rings. The molecule has 0 bridgehead atoms. The summed E-state index contributed by atoms with van der Waals surface area (Å²) in [6.07, 6.45) is 6.52. The number of hydrogen-bond acceptors (Lipinski definition) is 2. The maximum Gasteiger partial charge on any atom is 0.0806 e. The Morgan fingerprint density at radius 1 is 1.21 bits per heavy atom. The molecule has 2 nitrogen and oxygen atoms in total. The topological polar surface area (TPSA) is 21.3 Å². The Morgan fingerprint density at radius 2 is 1.86 bits per heavy atom. The number of ether oxygens (including phenoxy) is 1. The molecule has 1 aliphatic rings. The van der Waals surface area contributed by atoms with Gasteiger partial charge in [0.05, 0.1) is 5.60 Å². The third-order valence-electron chi connectivity index (χ3n) is 2.99. The van der Waals surface area contributed by atoms with Crippen molar-refractivity contribution in [2.45, 2.75) is 51.6 Å². The molecule has 84 valence electrons. The summed E-state index contributed by atoms with van der Waals surface area (Å²) < 4.78 is 6.11. The Labute approximate surface area is 88.4 Å². The first-order chi connectivity index (χ1) is 6.68. The lowest BCUT2D eigenvalue weighted by atomic mass is 9.84. The van der Waals surface area contributed by atoms with Crippen molar-refractivity contribution in [1.29, 1.82) is 0 Å². The van der Waals surface area contributed by atoms with Crippen LogP contribution < -0.4 is 5.32 Å². The molecule has 0 unspecified atom stereocenters. The van der Waals surface area contributed by atoms with Crippen molar-refractivity contribution in [3.63, 3.8) is 0 Å². The first kappa shape index (κ1) is 12.0. The minimum absolute atomic E-state index is 0.150. The van der Waals surface area contributed by atoms with E-state index in [1.54, 1.807) is 0 Å². The number of nitrogens with one attached hydrogen (secondary N) is 1. The fourth-order valence-corrected chi connectivity index (χ4v) is 2.23. The van der Waals surface area contributed by atoms with E-state index in [1.165, 1.54) is 32.1 Å². The van der Waals surface area contributed by atoms with Crippen molar-refractivity contribution in [2.75, 3.05) is 20.2 Å².